The first kappa shape index (κ1) is 25.5. The van der Waals surface area contributed by atoms with Gasteiger partial charge in [-0.2, -0.15) is 5.10 Å². The van der Waals surface area contributed by atoms with Gasteiger partial charge < -0.3 is 4.98 Å². The highest BCUT2D eigenvalue weighted by Gasteiger charge is 2.43. The number of nitrogens with zero attached hydrogens (tertiary/aromatic N) is 5. The Hall–Kier alpha value is -4.44. The molecule has 3 heterocycles. The smallest absolute Gasteiger partial charge is 0.253 e. The van der Waals surface area contributed by atoms with Gasteiger partial charge in [-0.05, 0) is 72.4 Å². The lowest BCUT2D eigenvalue weighted by atomic mass is 9.77. The van der Waals surface area contributed by atoms with Crippen molar-refractivity contribution >= 4 is 51.5 Å². The molecule has 3 aromatic carbocycles. The van der Waals surface area contributed by atoms with Gasteiger partial charge in [0.25, 0.3) is 5.91 Å². The molecule has 1 aliphatic carbocycles. The molecule has 2 atom stereocenters. The molecule has 0 saturated heterocycles. The summed E-state index contributed by atoms with van der Waals surface area (Å²) in [6.07, 6.45) is 4.60. The number of aromatic nitrogens is 4. The van der Waals surface area contributed by atoms with Crippen molar-refractivity contribution in [3.63, 3.8) is 0 Å². The number of hydrazone groups is 1. The average Bonchev–Trinajstić information content (AvgIpc) is 3.57. The number of rotatable bonds is 5. The van der Waals surface area contributed by atoms with Crippen LogP contribution >= 0.6 is 11.8 Å². The Kier molecular flexibility index (Phi) is 6.54. The van der Waals surface area contributed by atoms with E-state index in [9.17, 15) is 13.6 Å². The fourth-order valence-corrected chi connectivity index (χ4v) is 6.36. The Morgan fingerprint density at radius 2 is 1.76 bits per heavy atom. The summed E-state index contributed by atoms with van der Waals surface area (Å²) >= 11 is 1.20. The lowest BCUT2D eigenvalue weighted by molar-refractivity contribution is -0.130. The highest BCUT2D eigenvalue weighted by molar-refractivity contribution is 7.99. The fraction of sp³-hybridized carbons (Fsp3) is 0.194. The van der Waals surface area contributed by atoms with Gasteiger partial charge in [-0.15, -0.1) is 10.2 Å². The third-order valence-electron chi connectivity index (χ3n) is 7.61. The zero-order chi connectivity index (χ0) is 27.9. The van der Waals surface area contributed by atoms with Crippen molar-refractivity contribution in [3.05, 3.63) is 101 Å². The summed E-state index contributed by atoms with van der Waals surface area (Å²) in [4.78, 5) is 21.5. The quantitative estimate of drug-likeness (QED) is 0.239. The van der Waals surface area contributed by atoms with Gasteiger partial charge in [0.2, 0.25) is 5.16 Å². The van der Waals surface area contributed by atoms with E-state index in [4.69, 9.17) is 5.10 Å². The Labute approximate surface area is 238 Å². The molecular weight excluding hydrogens is 542 g/mol. The third-order valence-corrected chi connectivity index (χ3v) is 8.43. The molecule has 7 rings (SSSR count). The summed E-state index contributed by atoms with van der Waals surface area (Å²) in [7, 11) is 0. The third kappa shape index (κ3) is 4.88. The maximum Gasteiger partial charge on any atom is 0.253 e. The largest absolute Gasteiger partial charge is 0.338 e. The molecule has 1 fully saturated rings. The summed E-state index contributed by atoms with van der Waals surface area (Å²) < 4.78 is 27.3. The molecule has 0 unspecified atom stereocenters. The van der Waals surface area contributed by atoms with Crippen LogP contribution < -0.4 is 0 Å². The van der Waals surface area contributed by atoms with Crippen molar-refractivity contribution in [3.8, 4) is 0 Å². The van der Waals surface area contributed by atoms with Crippen LogP contribution in [0.15, 0.2) is 88.6 Å². The van der Waals surface area contributed by atoms with Crippen LogP contribution in [0.1, 0.15) is 36.4 Å². The molecule has 5 aromatic rings. The van der Waals surface area contributed by atoms with E-state index in [-0.39, 0.29) is 35.3 Å². The number of nitrogens with one attached hydrogen (secondary N) is 1. The second kappa shape index (κ2) is 10.5. The van der Waals surface area contributed by atoms with E-state index >= 15 is 0 Å². The van der Waals surface area contributed by atoms with Gasteiger partial charge in [-0.25, -0.2) is 18.8 Å². The van der Waals surface area contributed by atoms with Crippen molar-refractivity contribution in [2.24, 2.45) is 11.0 Å². The number of halogens is 2. The highest BCUT2D eigenvalue weighted by Crippen LogP contribution is 2.44. The molecule has 204 valence electrons. The number of hydrogen-bond donors (Lipinski definition) is 1. The van der Waals surface area contributed by atoms with E-state index in [0.717, 1.165) is 52.6 Å². The summed E-state index contributed by atoms with van der Waals surface area (Å²) in [6, 6.07) is 20.0. The average molecular weight is 567 g/mol. The number of allylic oxidation sites excluding steroid dienone is 1. The van der Waals surface area contributed by atoms with Crippen molar-refractivity contribution < 1.29 is 13.6 Å². The molecule has 10 heteroatoms. The molecule has 1 amide bonds. The number of fused-ring (bicyclic) bond motifs is 4. The van der Waals surface area contributed by atoms with E-state index in [1.807, 2.05) is 30.3 Å². The van der Waals surface area contributed by atoms with Gasteiger partial charge in [-0.3, -0.25) is 4.79 Å². The molecule has 2 aromatic heterocycles. The summed E-state index contributed by atoms with van der Waals surface area (Å²) in [5, 5.41) is 16.3. The molecule has 1 saturated carbocycles. The topological polar surface area (TPSA) is 87.1 Å². The molecular formula is C31H24F2N6OS. The Morgan fingerprint density at radius 3 is 2.56 bits per heavy atom. The van der Waals surface area contributed by atoms with Crippen LogP contribution in [0.25, 0.3) is 28.1 Å². The Morgan fingerprint density at radius 1 is 1.00 bits per heavy atom. The van der Waals surface area contributed by atoms with Crippen LogP contribution in [0.3, 0.4) is 0 Å². The minimum Gasteiger partial charge on any atom is -0.338 e. The van der Waals surface area contributed by atoms with Gasteiger partial charge in [0, 0.05) is 16.8 Å². The van der Waals surface area contributed by atoms with Gasteiger partial charge in [-0.1, -0.05) is 54.2 Å². The second-order valence-corrected chi connectivity index (χ2v) is 11.1. The Balaban J connectivity index is 1.18. The van der Waals surface area contributed by atoms with E-state index in [1.165, 1.54) is 36.0 Å². The van der Waals surface area contributed by atoms with E-state index in [2.05, 4.69) is 20.2 Å². The minimum absolute atomic E-state index is 0.0320. The minimum atomic E-state index is -0.356. The van der Waals surface area contributed by atoms with E-state index in [1.54, 1.807) is 29.3 Å². The normalized spacial score (nSPS) is 19.6. The number of H-pyrrole nitrogens is 1. The van der Waals surface area contributed by atoms with Gasteiger partial charge >= 0.3 is 0 Å². The van der Waals surface area contributed by atoms with Crippen molar-refractivity contribution in [2.75, 3.05) is 5.75 Å². The number of para-hydroxylation sites is 1. The van der Waals surface area contributed by atoms with Crippen molar-refractivity contribution in [2.45, 2.75) is 30.5 Å². The van der Waals surface area contributed by atoms with Crippen molar-refractivity contribution in [1.29, 1.82) is 0 Å². The van der Waals surface area contributed by atoms with Crippen LogP contribution in [0, 0.1) is 17.6 Å². The van der Waals surface area contributed by atoms with Crippen molar-refractivity contribution in [1.82, 2.24) is 25.2 Å². The number of amides is 1. The van der Waals surface area contributed by atoms with Gasteiger partial charge in [0.05, 0.1) is 17.5 Å². The first-order valence-electron chi connectivity index (χ1n) is 13.4. The monoisotopic (exact) mass is 566 g/mol. The molecule has 7 nitrogen and oxygen atoms in total. The summed E-state index contributed by atoms with van der Waals surface area (Å²) in [6.45, 7) is 0. The maximum absolute atomic E-state index is 13.8. The van der Waals surface area contributed by atoms with Gasteiger partial charge in [0.15, 0.2) is 5.65 Å². The van der Waals surface area contributed by atoms with E-state index < -0.39 is 0 Å². The number of aromatic amines is 1. The zero-order valence-electron chi connectivity index (χ0n) is 21.8. The van der Waals surface area contributed by atoms with Crippen LogP contribution in [0.5, 0.6) is 0 Å². The van der Waals surface area contributed by atoms with Crippen LogP contribution in [0.2, 0.25) is 0 Å². The number of thioether (sulfide) groups is 1. The molecule has 1 aliphatic heterocycles. The number of benzene rings is 3. The highest BCUT2D eigenvalue weighted by atomic mass is 32.2. The zero-order valence-corrected chi connectivity index (χ0v) is 22.6. The molecule has 0 spiro atoms. The lowest BCUT2D eigenvalue weighted by Crippen LogP contribution is -2.32. The lowest BCUT2D eigenvalue weighted by Gasteiger charge is -2.29. The van der Waals surface area contributed by atoms with Gasteiger partial charge in [0.1, 0.15) is 17.2 Å². The first-order chi connectivity index (χ1) is 20.0. The predicted octanol–water partition coefficient (Wildman–Crippen LogP) is 6.70. The number of carbonyl (C=O) groups is 1. The van der Waals surface area contributed by atoms with Crippen LogP contribution in [-0.4, -0.2) is 42.5 Å². The molecule has 0 bridgehead atoms. The number of hydrogen-bond acceptors (Lipinski definition) is 6. The SMILES string of the molecule is O=C(CSc1nnc2c(n1)[nH]c1ccccc12)N1N=C2/C(=C\c3ccc(F)cc3)CCC[C@H]2[C@H]1c1ccc(F)cc1. The van der Waals surface area contributed by atoms with Crippen LogP contribution in [0.4, 0.5) is 8.78 Å². The number of carbonyl (C=O) groups excluding carboxylic acids is 1. The maximum atomic E-state index is 13.8. The predicted molar refractivity (Wildman–Crippen MR) is 155 cm³/mol. The fourth-order valence-electron chi connectivity index (χ4n) is 5.72. The molecule has 1 N–H and O–H groups in total. The second-order valence-electron chi connectivity index (χ2n) is 10.2. The van der Waals surface area contributed by atoms with E-state index in [0.29, 0.717) is 16.3 Å². The molecule has 41 heavy (non-hydrogen) atoms. The standard InChI is InChI=1S/C31H24F2N6OS/c32-21-12-8-18(9-13-21)16-20-4-3-6-24-27(20)38-39(29(24)19-10-14-22(33)15-11-19)26(40)17-41-31-35-30-28(36-37-31)23-5-1-2-7-25(23)34-30/h1-2,5,7-16,24,29H,3-4,6,17H2,(H,34,35,37)/b20-16-/t24-,29-/m1/s1. The summed E-state index contributed by atoms with van der Waals surface area (Å²) in [5.74, 6) is -0.798. The Bertz CT molecular complexity index is 1830. The first-order valence-corrected chi connectivity index (χ1v) is 14.4. The molecule has 0 radical (unpaired) electrons. The van der Waals surface area contributed by atoms with Crippen LogP contribution in [-0.2, 0) is 4.79 Å². The molecule has 2 aliphatic rings. The summed E-state index contributed by atoms with van der Waals surface area (Å²) in [5.41, 5.74) is 5.80.